The number of rotatable bonds is 7. The van der Waals surface area contributed by atoms with Gasteiger partial charge in [0.25, 0.3) is 0 Å². The molecule has 1 aromatic rings. The van der Waals surface area contributed by atoms with Crippen molar-refractivity contribution in [3.05, 3.63) is 11.6 Å². The van der Waals surface area contributed by atoms with Gasteiger partial charge in [-0.15, -0.1) is 10.2 Å². The largest absolute Gasteiger partial charge is 0.460 e. The lowest BCUT2D eigenvalue weighted by molar-refractivity contribution is 0.0505. The van der Waals surface area contributed by atoms with Crippen molar-refractivity contribution >= 4 is 17.7 Å². The average Bonchev–Trinajstić information content (AvgIpc) is 2.67. The molecule has 1 aromatic heterocycles. The van der Waals surface area contributed by atoms with Crippen LogP contribution in [0.15, 0.2) is 0 Å². The van der Waals surface area contributed by atoms with Gasteiger partial charge in [0.05, 0.1) is 6.61 Å². The van der Waals surface area contributed by atoms with Crippen molar-refractivity contribution in [2.75, 3.05) is 18.1 Å². The van der Waals surface area contributed by atoms with Crippen molar-refractivity contribution in [2.45, 2.75) is 33.7 Å². The molecule has 5 nitrogen and oxygen atoms in total. The number of carbonyl (C=O) groups is 1. The number of ether oxygens (including phenoxy) is 1. The Hall–Kier alpha value is -1.04. The molecule has 0 saturated heterocycles. The van der Waals surface area contributed by atoms with Gasteiger partial charge in [-0.25, -0.2) is 4.79 Å². The molecule has 1 rings (SSSR count). The fourth-order valence-corrected chi connectivity index (χ4v) is 2.09. The highest BCUT2D eigenvalue weighted by atomic mass is 32.2. The minimum Gasteiger partial charge on any atom is -0.460 e. The summed E-state index contributed by atoms with van der Waals surface area (Å²) in [5.41, 5.74) is 0. The second-order valence-corrected chi connectivity index (χ2v) is 4.89. The number of aromatic nitrogens is 3. The van der Waals surface area contributed by atoms with E-state index in [2.05, 4.69) is 17.1 Å². The molecule has 0 aliphatic heterocycles. The Kier molecular flexibility index (Phi) is 6.04. The van der Waals surface area contributed by atoms with Crippen molar-refractivity contribution in [3.63, 3.8) is 0 Å². The molecule has 0 atom stereocenters. The van der Waals surface area contributed by atoms with E-state index >= 15 is 0 Å². The van der Waals surface area contributed by atoms with Crippen molar-refractivity contribution in [1.82, 2.24) is 14.8 Å². The van der Waals surface area contributed by atoms with E-state index in [-0.39, 0.29) is 0 Å². The van der Waals surface area contributed by atoms with Crippen LogP contribution in [0.25, 0.3) is 0 Å². The normalized spacial score (nSPS) is 10.5. The van der Waals surface area contributed by atoms with Crippen LogP contribution < -0.4 is 0 Å². The highest BCUT2D eigenvalue weighted by Gasteiger charge is 2.17. The van der Waals surface area contributed by atoms with Crippen LogP contribution in [0, 0.1) is 6.92 Å². The van der Waals surface area contributed by atoms with Crippen molar-refractivity contribution in [1.29, 1.82) is 0 Å². The lowest BCUT2D eigenvalue weighted by Crippen LogP contribution is -2.15. The molecule has 0 aliphatic carbocycles. The first-order valence-electron chi connectivity index (χ1n) is 5.85. The molecule has 0 amide bonds. The second-order valence-electron chi connectivity index (χ2n) is 3.49. The van der Waals surface area contributed by atoms with Crippen molar-refractivity contribution in [2.24, 2.45) is 0 Å². The molecule has 0 fully saturated rings. The third-order valence-electron chi connectivity index (χ3n) is 2.27. The molecule has 0 aliphatic rings. The van der Waals surface area contributed by atoms with Crippen LogP contribution >= 0.6 is 11.8 Å². The Balaban J connectivity index is 2.63. The van der Waals surface area contributed by atoms with Crippen molar-refractivity contribution in [3.8, 4) is 0 Å². The lowest BCUT2D eigenvalue weighted by Gasteiger charge is -2.07. The number of nitrogens with zero attached hydrogens (tertiary/aromatic N) is 3. The first kappa shape index (κ1) is 14.0. The topological polar surface area (TPSA) is 57.0 Å². The Morgan fingerprint density at radius 1 is 1.41 bits per heavy atom. The van der Waals surface area contributed by atoms with E-state index < -0.39 is 5.97 Å². The smallest absolute Gasteiger partial charge is 0.376 e. The maximum Gasteiger partial charge on any atom is 0.376 e. The summed E-state index contributed by atoms with van der Waals surface area (Å²) in [5.74, 6) is 2.87. The summed E-state index contributed by atoms with van der Waals surface area (Å²) in [6.45, 7) is 6.89. The average molecular weight is 257 g/mol. The van der Waals surface area contributed by atoms with Gasteiger partial charge in [-0.3, -0.25) is 0 Å². The summed E-state index contributed by atoms with van der Waals surface area (Å²) in [5, 5.41) is 7.79. The molecule has 0 radical (unpaired) electrons. The molecule has 1 heterocycles. The molecule has 0 aromatic carbocycles. The van der Waals surface area contributed by atoms with Gasteiger partial charge in [-0.1, -0.05) is 6.92 Å². The highest BCUT2D eigenvalue weighted by molar-refractivity contribution is 7.99. The third-order valence-corrected chi connectivity index (χ3v) is 3.25. The predicted octanol–water partition coefficient (Wildman–Crippen LogP) is 1.91. The SMILES string of the molecule is CCOC(=O)c1nnc(C)n1CCCSCC. The summed E-state index contributed by atoms with van der Waals surface area (Å²) in [6.07, 6.45) is 1.00. The van der Waals surface area contributed by atoms with E-state index in [1.54, 1.807) is 6.92 Å². The van der Waals surface area contributed by atoms with E-state index in [0.29, 0.717) is 12.4 Å². The molecule has 6 heteroatoms. The summed E-state index contributed by atoms with van der Waals surface area (Å²) in [4.78, 5) is 11.6. The lowest BCUT2D eigenvalue weighted by atomic mass is 10.4. The van der Waals surface area contributed by atoms with E-state index in [0.717, 1.165) is 30.3 Å². The zero-order valence-electron chi connectivity index (χ0n) is 10.6. The molecule has 17 heavy (non-hydrogen) atoms. The Morgan fingerprint density at radius 3 is 2.82 bits per heavy atom. The third kappa shape index (κ3) is 4.03. The molecule has 0 N–H and O–H groups in total. The van der Waals surface area contributed by atoms with Gasteiger partial charge in [0, 0.05) is 6.54 Å². The number of hydrogen-bond donors (Lipinski definition) is 0. The van der Waals surface area contributed by atoms with Gasteiger partial charge in [0.2, 0.25) is 5.82 Å². The molecule has 0 saturated carbocycles. The molecule has 0 unspecified atom stereocenters. The highest BCUT2D eigenvalue weighted by Crippen LogP contribution is 2.07. The summed E-state index contributed by atoms with van der Waals surface area (Å²) >= 11 is 1.89. The summed E-state index contributed by atoms with van der Waals surface area (Å²) in [6, 6.07) is 0. The Bertz CT molecular complexity index is 366. The van der Waals surface area contributed by atoms with Crippen LogP contribution in [-0.4, -0.2) is 38.8 Å². The van der Waals surface area contributed by atoms with Crippen LogP contribution in [0.1, 0.15) is 36.7 Å². The fraction of sp³-hybridized carbons (Fsp3) is 0.727. The van der Waals surface area contributed by atoms with Gasteiger partial charge >= 0.3 is 5.97 Å². The Labute approximate surface area is 106 Å². The van der Waals surface area contributed by atoms with Gasteiger partial charge in [-0.05, 0) is 31.8 Å². The van der Waals surface area contributed by atoms with E-state index in [1.165, 1.54) is 0 Å². The maximum absolute atomic E-state index is 11.6. The van der Waals surface area contributed by atoms with Gasteiger partial charge in [0.1, 0.15) is 5.82 Å². The first-order chi connectivity index (χ1) is 8.20. The number of hydrogen-bond acceptors (Lipinski definition) is 5. The van der Waals surface area contributed by atoms with Crippen LogP contribution in [-0.2, 0) is 11.3 Å². The van der Waals surface area contributed by atoms with Crippen LogP contribution in [0.2, 0.25) is 0 Å². The van der Waals surface area contributed by atoms with Crippen LogP contribution in [0.3, 0.4) is 0 Å². The zero-order chi connectivity index (χ0) is 12.7. The molecule has 96 valence electrons. The van der Waals surface area contributed by atoms with E-state index in [9.17, 15) is 4.79 Å². The van der Waals surface area contributed by atoms with Crippen molar-refractivity contribution < 1.29 is 9.53 Å². The van der Waals surface area contributed by atoms with Crippen LogP contribution in [0.5, 0.6) is 0 Å². The molecule has 0 spiro atoms. The zero-order valence-corrected chi connectivity index (χ0v) is 11.4. The number of carbonyl (C=O) groups excluding carboxylic acids is 1. The van der Waals surface area contributed by atoms with Gasteiger partial charge < -0.3 is 9.30 Å². The summed E-state index contributed by atoms with van der Waals surface area (Å²) in [7, 11) is 0. The standard InChI is InChI=1S/C11H19N3O2S/c1-4-16-11(15)10-13-12-9(3)14(10)7-6-8-17-5-2/h4-8H2,1-3H3. The monoisotopic (exact) mass is 257 g/mol. The quantitative estimate of drug-likeness (QED) is 0.551. The van der Waals surface area contributed by atoms with E-state index in [1.807, 2.05) is 23.3 Å². The number of aryl methyl sites for hydroxylation is 1. The molecular formula is C11H19N3O2S. The molecule has 0 bridgehead atoms. The predicted molar refractivity (Wildman–Crippen MR) is 68.3 cm³/mol. The minimum absolute atomic E-state index is 0.311. The van der Waals surface area contributed by atoms with E-state index in [4.69, 9.17) is 4.74 Å². The van der Waals surface area contributed by atoms with Gasteiger partial charge in [0.15, 0.2) is 0 Å². The number of esters is 1. The second kappa shape index (κ2) is 7.32. The first-order valence-corrected chi connectivity index (χ1v) is 7.00. The minimum atomic E-state index is -0.392. The van der Waals surface area contributed by atoms with Crippen LogP contribution in [0.4, 0.5) is 0 Å². The Morgan fingerprint density at radius 2 is 2.18 bits per heavy atom. The maximum atomic E-state index is 11.6. The summed E-state index contributed by atoms with van der Waals surface area (Å²) < 4.78 is 6.77. The van der Waals surface area contributed by atoms with Gasteiger partial charge in [-0.2, -0.15) is 11.8 Å². The molecular weight excluding hydrogens is 238 g/mol. The number of thioether (sulfide) groups is 1. The fourth-order valence-electron chi connectivity index (χ4n) is 1.46.